The van der Waals surface area contributed by atoms with Crippen molar-refractivity contribution in [3.05, 3.63) is 40.4 Å². The first kappa shape index (κ1) is 12.7. The molecular weight excluding hydrogens is 311 g/mol. The van der Waals surface area contributed by atoms with Crippen molar-refractivity contribution in [1.29, 1.82) is 0 Å². The summed E-state index contributed by atoms with van der Waals surface area (Å²) in [5.74, 6) is 0.539. The number of hydrogen-bond donors (Lipinski definition) is 1. The molecule has 0 saturated heterocycles. The van der Waals surface area contributed by atoms with Gasteiger partial charge in [-0.1, -0.05) is 5.21 Å². The minimum atomic E-state index is -0.304. The maximum atomic E-state index is 13.4. The van der Waals surface area contributed by atoms with Gasteiger partial charge in [0.1, 0.15) is 5.82 Å². The summed E-state index contributed by atoms with van der Waals surface area (Å²) in [6, 6.07) is 4.89. The molecule has 1 aromatic carbocycles. The third-order valence-electron chi connectivity index (χ3n) is 3.14. The van der Waals surface area contributed by atoms with Crippen molar-refractivity contribution < 1.29 is 4.39 Å². The van der Waals surface area contributed by atoms with Crippen LogP contribution in [0.1, 0.15) is 18.5 Å². The van der Waals surface area contributed by atoms with Crippen molar-refractivity contribution in [2.24, 2.45) is 5.92 Å². The molecule has 1 fully saturated rings. The molecular formula is C13H14BrFN4. The van der Waals surface area contributed by atoms with Gasteiger partial charge in [0.2, 0.25) is 0 Å². The molecule has 0 bridgehead atoms. The lowest BCUT2D eigenvalue weighted by Gasteiger charge is -2.01. The zero-order valence-electron chi connectivity index (χ0n) is 10.3. The van der Waals surface area contributed by atoms with Crippen LogP contribution < -0.4 is 5.32 Å². The second kappa shape index (κ2) is 5.38. The van der Waals surface area contributed by atoms with E-state index in [9.17, 15) is 4.39 Å². The molecule has 19 heavy (non-hydrogen) atoms. The van der Waals surface area contributed by atoms with E-state index in [1.807, 2.05) is 6.20 Å². The minimum absolute atomic E-state index is 0.304. The highest BCUT2D eigenvalue weighted by Gasteiger charge is 2.20. The molecule has 0 unspecified atom stereocenters. The molecule has 1 heterocycles. The molecule has 0 radical (unpaired) electrons. The molecule has 1 aromatic heterocycles. The Bertz CT molecular complexity index is 580. The van der Waals surface area contributed by atoms with Crippen LogP contribution in [0.25, 0.3) is 5.69 Å². The van der Waals surface area contributed by atoms with Gasteiger partial charge in [-0.25, -0.2) is 9.07 Å². The van der Waals surface area contributed by atoms with Crippen molar-refractivity contribution in [3.63, 3.8) is 0 Å². The summed E-state index contributed by atoms with van der Waals surface area (Å²) < 4.78 is 15.5. The Hall–Kier alpha value is -1.27. The zero-order chi connectivity index (χ0) is 13.2. The summed E-state index contributed by atoms with van der Waals surface area (Å²) in [6.45, 7) is 1.75. The van der Waals surface area contributed by atoms with Gasteiger partial charge in [0, 0.05) is 12.6 Å². The second-order valence-corrected chi connectivity index (χ2v) is 5.68. The predicted octanol–water partition coefficient (Wildman–Crippen LogP) is 2.67. The van der Waals surface area contributed by atoms with Gasteiger partial charge >= 0.3 is 0 Å². The number of nitrogens with zero attached hydrogens (tertiary/aromatic N) is 3. The highest BCUT2D eigenvalue weighted by molar-refractivity contribution is 9.10. The van der Waals surface area contributed by atoms with Crippen LogP contribution in [-0.2, 0) is 6.54 Å². The van der Waals surface area contributed by atoms with Crippen molar-refractivity contribution in [2.45, 2.75) is 19.4 Å². The molecule has 1 N–H and O–H groups in total. The first-order valence-electron chi connectivity index (χ1n) is 6.30. The van der Waals surface area contributed by atoms with Gasteiger partial charge in [0.15, 0.2) is 0 Å². The number of hydrogen-bond acceptors (Lipinski definition) is 3. The van der Waals surface area contributed by atoms with E-state index in [2.05, 4.69) is 31.6 Å². The summed E-state index contributed by atoms with van der Waals surface area (Å²) in [7, 11) is 0. The first-order valence-corrected chi connectivity index (χ1v) is 7.09. The molecule has 3 rings (SSSR count). The van der Waals surface area contributed by atoms with Crippen molar-refractivity contribution in [3.8, 4) is 5.69 Å². The highest BCUT2D eigenvalue weighted by Crippen LogP contribution is 2.27. The van der Waals surface area contributed by atoms with E-state index in [-0.39, 0.29) is 5.82 Å². The van der Waals surface area contributed by atoms with E-state index >= 15 is 0 Å². The summed E-state index contributed by atoms with van der Waals surface area (Å²) in [5, 5.41) is 11.4. The van der Waals surface area contributed by atoms with Crippen LogP contribution in [0, 0.1) is 11.7 Å². The molecule has 1 saturated carbocycles. The molecule has 100 valence electrons. The Morgan fingerprint density at radius 1 is 1.42 bits per heavy atom. The van der Waals surface area contributed by atoms with E-state index in [1.54, 1.807) is 16.8 Å². The second-order valence-electron chi connectivity index (χ2n) is 4.83. The number of benzene rings is 1. The average molecular weight is 325 g/mol. The van der Waals surface area contributed by atoms with Crippen LogP contribution in [-0.4, -0.2) is 21.5 Å². The number of halogens is 2. The fourth-order valence-electron chi connectivity index (χ4n) is 1.86. The minimum Gasteiger partial charge on any atom is -0.311 e. The summed E-state index contributed by atoms with van der Waals surface area (Å²) in [5.41, 5.74) is 1.53. The summed E-state index contributed by atoms with van der Waals surface area (Å²) in [6.07, 6.45) is 4.48. The molecule has 2 aromatic rings. The van der Waals surface area contributed by atoms with Crippen molar-refractivity contribution in [2.75, 3.05) is 6.54 Å². The Balaban J connectivity index is 1.67. The standard InChI is InChI=1S/C13H14BrFN4/c14-12-4-3-11(5-13(12)15)19-8-10(17-18-19)7-16-6-9-1-2-9/h3-5,8-9,16H,1-2,6-7H2. The lowest BCUT2D eigenvalue weighted by molar-refractivity contribution is 0.618. The van der Waals surface area contributed by atoms with Crippen molar-refractivity contribution >= 4 is 15.9 Å². The smallest absolute Gasteiger partial charge is 0.139 e. The van der Waals surface area contributed by atoms with Gasteiger partial charge in [0.05, 0.1) is 22.1 Å². The van der Waals surface area contributed by atoms with Crippen LogP contribution in [0.4, 0.5) is 4.39 Å². The maximum absolute atomic E-state index is 13.4. The van der Waals surface area contributed by atoms with E-state index in [0.717, 1.165) is 18.2 Å². The third kappa shape index (κ3) is 3.19. The molecule has 1 aliphatic rings. The largest absolute Gasteiger partial charge is 0.311 e. The lowest BCUT2D eigenvalue weighted by atomic mass is 10.3. The average Bonchev–Trinajstić information content (AvgIpc) is 3.10. The molecule has 6 heteroatoms. The fraction of sp³-hybridized carbons (Fsp3) is 0.385. The highest BCUT2D eigenvalue weighted by atomic mass is 79.9. The Labute approximate surface area is 119 Å². The van der Waals surface area contributed by atoms with Gasteiger partial charge in [-0.2, -0.15) is 0 Å². The number of aromatic nitrogens is 3. The molecule has 1 aliphatic carbocycles. The van der Waals surface area contributed by atoms with Crippen LogP contribution in [0.3, 0.4) is 0 Å². The Kier molecular flexibility index (Phi) is 3.61. The topological polar surface area (TPSA) is 42.7 Å². The van der Waals surface area contributed by atoms with E-state index in [4.69, 9.17) is 0 Å². The quantitative estimate of drug-likeness (QED) is 0.919. The normalized spacial score (nSPS) is 14.8. The van der Waals surface area contributed by atoms with Crippen LogP contribution in [0.5, 0.6) is 0 Å². The molecule has 0 spiro atoms. The van der Waals surface area contributed by atoms with Crippen LogP contribution in [0.15, 0.2) is 28.9 Å². The van der Waals surface area contributed by atoms with Gasteiger partial charge in [0.25, 0.3) is 0 Å². The first-order chi connectivity index (χ1) is 9.22. The molecule has 0 aliphatic heterocycles. The maximum Gasteiger partial charge on any atom is 0.139 e. The number of nitrogens with one attached hydrogen (secondary N) is 1. The van der Waals surface area contributed by atoms with Crippen LogP contribution in [0.2, 0.25) is 0 Å². The van der Waals surface area contributed by atoms with Gasteiger partial charge in [-0.05, 0) is 53.4 Å². The lowest BCUT2D eigenvalue weighted by Crippen LogP contribution is -2.16. The molecule has 0 atom stereocenters. The van der Waals surface area contributed by atoms with Gasteiger partial charge in [-0.3, -0.25) is 0 Å². The molecule has 0 amide bonds. The predicted molar refractivity (Wildman–Crippen MR) is 73.4 cm³/mol. The van der Waals surface area contributed by atoms with Gasteiger partial charge in [-0.15, -0.1) is 5.10 Å². The van der Waals surface area contributed by atoms with E-state index < -0.39 is 0 Å². The zero-order valence-corrected chi connectivity index (χ0v) is 11.9. The van der Waals surface area contributed by atoms with E-state index in [1.165, 1.54) is 18.9 Å². The summed E-state index contributed by atoms with van der Waals surface area (Å²) >= 11 is 3.13. The van der Waals surface area contributed by atoms with Crippen LogP contribution >= 0.6 is 15.9 Å². The third-order valence-corrected chi connectivity index (χ3v) is 3.79. The van der Waals surface area contributed by atoms with E-state index in [0.29, 0.717) is 16.7 Å². The Morgan fingerprint density at radius 2 is 2.26 bits per heavy atom. The monoisotopic (exact) mass is 324 g/mol. The number of rotatable bonds is 5. The van der Waals surface area contributed by atoms with Gasteiger partial charge < -0.3 is 5.32 Å². The fourth-order valence-corrected chi connectivity index (χ4v) is 2.11. The SMILES string of the molecule is Fc1cc(-n2cc(CNCC3CC3)nn2)ccc1Br. The summed E-state index contributed by atoms with van der Waals surface area (Å²) in [4.78, 5) is 0. The Morgan fingerprint density at radius 3 is 3.00 bits per heavy atom. The van der Waals surface area contributed by atoms with Crippen molar-refractivity contribution in [1.82, 2.24) is 20.3 Å². The molecule has 4 nitrogen and oxygen atoms in total.